The molecule has 4 heterocycles. The predicted molar refractivity (Wildman–Crippen MR) is 97.2 cm³/mol. The molecular formula is C17H16N6O4. The average Bonchev–Trinajstić information content (AvgIpc) is 3.08. The van der Waals surface area contributed by atoms with E-state index in [1.165, 1.54) is 34.6 Å². The highest BCUT2D eigenvalue weighted by molar-refractivity contribution is 5.76. The first kappa shape index (κ1) is 16.8. The smallest absolute Gasteiger partial charge is 0.332 e. The van der Waals surface area contributed by atoms with Gasteiger partial charge in [-0.1, -0.05) is 6.07 Å². The summed E-state index contributed by atoms with van der Waals surface area (Å²) in [5.74, 6) is -0.326. The lowest BCUT2D eigenvalue weighted by Crippen LogP contribution is -2.37. The Kier molecular flexibility index (Phi) is 3.51. The van der Waals surface area contributed by atoms with Crippen molar-refractivity contribution in [2.24, 2.45) is 14.1 Å². The minimum atomic E-state index is -0.613. The molecule has 0 bridgehead atoms. The molecule has 0 aliphatic heterocycles. The van der Waals surface area contributed by atoms with Crippen LogP contribution in [0.2, 0.25) is 0 Å². The Hall–Kier alpha value is -3.69. The van der Waals surface area contributed by atoms with Crippen LogP contribution in [0.1, 0.15) is 11.3 Å². The first-order valence-electron chi connectivity index (χ1n) is 8.13. The van der Waals surface area contributed by atoms with Crippen molar-refractivity contribution in [3.63, 3.8) is 0 Å². The molecule has 0 aliphatic rings. The minimum Gasteiger partial charge on any atom is -0.494 e. The fourth-order valence-electron chi connectivity index (χ4n) is 3.12. The summed E-state index contributed by atoms with van der Waals surface area (Å²) in [7, 11) is 2.82. The number of aryl methyl sites for hydroxylation is 1. The minimum absolute atomic E-state index is 0.0185. The maximum atomic E-state index is 12.8. The molecule has 0 amide bonds. The maximum absolute atomic E-state index is 12.8. The van der Waals surface area contributed by atoms with E-state index < -0.39 is 16.8 Å². The van der Waals surface area contributed by atoms with Crippen molar-refractivity contribution >= 4 is 16.9 Å². The van der Waals surface area contributed by atoms with E-state index in [9.17, 15) is 19.5 Å². The molecule has 138 valence electrons. The van der Waals surface area contributed by atoms with Crippen LogP contribution in [0, 0.1) is 6.92 Å². The Bertz CT molecular complexity index is 1390. The van der Waals surface area contributed by atoms with Gasteiger partial charge < -0.3 is 5.11 Å². The van der Waals surface area contributed by atoms with Gasteiger partial charge in [0.2, 0.25) is 11.7 Å². The summed E-state index contributed by atoms with van der Waals surface area (Å²) < 4.78 is 4.66. The lowest BCUT2D eigenvalue weighted by molar-refractivity contribution is 0.437. The predicted octanol–water partition coefficient (Wildman–Crippen LogP) is -0.496. The number of hydrogen-bond donors (Lipinski definition) is 1. The van der Waals surface area contributed by atoms with Crippen molar-refractivity contribution in [1.82, 2.24) is 28.1 Å². The summed E-state index contributed by atoms with van der Waals surface area (Å²) in [6, 6.07) is 5.30. The third-order valence-corrected chi connectivity index (χ3v) is 4.64. The van der Waals surface area contributed by atoms with Crippen LogP contribution in [0.4, 0.5) is 0 Å². The van der Waals surface area contributed by atoms with Crippen molar-refractivity contribution in [3.05, 3.63) is 66.8 Å². The second kappa shape index (κ2) is 5.66. The second-order valence-electron chi connectivity index (χ2n) is 6.29. The normalized spacial score (nSPS) is 11.5. The van der Waals surface area contributed by atoms with E-state index in [1.807, 2.05) is 0 Å². The molecular weight excluding hydrogens is 352 g/mol. The standard InChI is InChI=1S/C17H16N6O4/c1-9-13(24)22(8-10-6-4-5-7-18-10)16-19-12-11(23(16)14(9)25)15(26)21(3)17(27)20(12)2/h4-7,25H,8H2,1-3H3. The molecule has 0 unspecified atom stereocenters. The zero-order chi connectivity index (χ0) is 19.5. The molecule has 4 aromatic heterocycles. The number of pyridine rings is 1. The van der Waals surface area contributed by atoms with Gasteiger partial charge in [-0.3, -0.25) is 28.3 Å². The second-order valence-corrected chi connectivity index (χ2v) is 6.29. The van der Waals surface area contributed by atoms with Gasteiger partial charge in [-0.25, -0.2) is 9.20 Å². The van der Waals surface area contributed by atoms with Gasteiger partial charge in [0.15, 0.2) is 11.2 Å². The molecule has 4 rings (SSSR count). The summed E-state index contributed by atoms with van der Waals surface area (Å²) in [6.45, 7) is 1.56. The molecule has 0 radical (unpaired) electrons. The van der Waals surface area contributed by atoms with Crippen LogP contribution < -0.4 is 16.8 Å². The highest BCUT2D eigenvalue weighted by atomic mass is 16.3. The Morgan fingerprint density at radius 2 is 1.81 bits per heavy atom. The molecule has 0 atom stereocenters. The van der Waals surface area contributed by atoms with Gasteiger partial charge in [0, 0.05) is 20.3 Å². The molecule has 10 heteroatoms. The molecule has 0 saturated heterocycles. The summed E-state index contributed by atoms with van der Waals surface area (Å²) in [5.41, 5.74) is -0.843. The lowest BCUT2D eigenvalue weighted by atomic mass is 10.3. The summed E-state index contributed by atoms with van der Waals surface area (Å²) in [6.07, 6.45) is 1.60. The van der Waals surface area contributed by atoms with Crippen molar-refractivity contribution in [3.8, 4) is 5.88 Å². The average molecular weight is 368 g/mol. The summed E-state index contributed by atoms with van der Waals surface area (Å²) in [4.78, 5) is 46.2. The number of rotatable bonds is 2. The zero-order valence-electron chi connectivity index (χ0n) is 14.9. The van der Waals surface area contributed by atoms with E-state index in [0.717, 1.165) is 4.57 Å². The summed E-state index contributed by atoms with van der Waals surface area (Å²) in [5, 5.41) is 10.6. The van der Waals surface area contributed by atoms with Gasteiger partial charge in [-0.15, -0.1) is 0 Å². The van der Waals surface area contributed by atoms with Crippen LogP contribution >= 0.6 is 0 Å². The molecule has 0 spiro atoms. The Labute approximate surface area is 151 Å². The van der Waals surface area contributed by atoms with Crippen molar-refractivity contribution in [2.75, 3.05) is 0 Å². The van der Waals surface area contributed by atoms with Gasteiger partial charge in [0.1, 0.15) is 0 Å². The van der Waals surface area contributed by atoms with E-state index in [2.05, 4.69) is 9.97 Å². The van der Waals surface area contributed by atoms with Gasteiger partial charge in [-0.05, 0) is 19.1 Å². The van der Waals surface area contributed by atoms with Gasteiger partial charge in [0.05, 0.1) is 17.8 Å². The van der Waals surface area contributed by atoms with Crippen LogP contribution in [-0.2, 0) is 20.6 Å². The first-order chi connectivity index (χ1) is 12.8. The third kappa shape index (κ3) is 2.23. The van der Waals surface area contributed by atoms with Crippen LogP contribution in [0.25, 0.3) is 16.9 Å². The lowest BCUT2D eigenvalue weighted by Gasteiger charge is -2.11. The van der Waals surface area contributed by atoms with E-state index in [1.54, 1.807) is 24.4 Å². The Morgan fingerprint density at radius 1 is 1.07 bits per heavy atom. The van der Waals surface area contributed by atoms with Gasteiger partial charge in [0.25, 0.3) is 11.1 Å². The third-order valence-electron chi connectivity index (χ3n) is 4.64. The molecule has 27 heavy (non-hydrogen) atoms. The maximum Gasteiger partial charge on any atom is 0.332 e. The van der Waals surface area contributed by atoms with E-state index in [-0.39, 0.29) is 34.9 Å². The van der Waals surface area contributed by atoms with Crippen molar-refractivity contribution < 1.29 is 5.11 Å². The largest absolute Gasteiger partial charge is 0.494 e. The van der Waals surface area contributed by atoms with Gasteiger partial charge >= 0.3 is 5.69 Å². The topological polar surface area (TPSA) is 116 Å². The molecule has 0 aromatic carbocycles. The zero-order valence-corrected chi connectivity index (χ0v) is 14.9. The SMILES string of the molecule is Cc1c(O)n2c3c(=O)n(C)c(=O)n(C)c3nc2n(Cc2ccccn2)c1=O. The van der Waals surface area contributed by atoms with Crippen LogP contribution in [0.15, 0.2) is 38.8 Å². The fraction of sp³-hybridized carbons (Fsp3) is 0.235. The number of imidazole rings is 1. The molecule has 10 nitrogen and oxygen atoms in total. The number of aromatic hydroxyl groups is 1. The molecule has 0 saturated carbocycles. The first-order valence-corrected chi connectivity index (χ1v) is 8.13. The Morgan fingerprint density at radius 3 is 2.48 bits per heavy atom. The number of hydrogen-bond acceptors (Lipinski definition) is 6. The van der Waals surface area contributed by atoms with E-state index >= 15 is 0 Å². The van der Waals surface area contributed by atoms with Crippen LogP contribution in [0.3, 0.4) is 0 Å². The highest BCUT2D eigenvalue weighted by Crippen LogP contribution is 2.20. The van der Waals surface area contributed by atoms with Crippen molar-refractivity contribution in [2.45, 2.75) is 13.5 Å². The number of nitrogens with zero attached hydrogens (tertiary/aromatic N) is 6. The molecule has 1 N–H and O–H groups in total. The Balaban J connectivity index is 2.22. The van der Waals surface area contributed by atoms with Crippen molar-refractivity contribution in [1.29, 1.82) is 0 Å². The van der Waals surface area contributed by atoms with Crippen LogP contribution in [-0.4, -0.2) is 33.2 Å². The van der Waals surface area contributed by atoms with E-state index in [0.29, 0.717) is 5.69 Å². The summed E-state index contributed by atoms with van der Waals surface area (Å²) >= 11 is 0. The molecule has 0 aliphatic carbocycles. The van der Waals surface area contributed by atoms with Gasteiger partial charge in [-0.2, -0.15) is 4.98 Å². The van der Waals surface area contributed by atoms with Crippen LogP contribution in [0.5, 0.6) is 5.88 Å². The fourth-order valence-corrected chi connectivity index (χ4v) is 3.12. The molecule has 4 aromatic rings. The highest BCUT2D eigenvalue weighted by Gasteiger charge is 2.22. The number of aromatic nitrogens is 6. The van der Waals surface area contributed by atoms with E-state index in [4.69, 9.17) is 0 Å². The molecule has 0 fully saturated rings. The quantitative estimate of drug-likeness (QED) is 0.510. The monoisotopic (exact) mass is 368 g/mol. The number of fused-ring (bicyclic) bond motifs is 3.